The van der Waals surface area contributed by atoms with E-state index in [0.29, 0.717) is 18.2 Å². The number of rotatable bonds is 7. The molecule has 0 amide bonds. The third kappa shape index (κ3) is 5.33. The van der Waals surface area contributed by atoms with Gasteiger partial charge in [0, 0.05) is 45.1 Å². The van der Waals surface area contributed by atoms with Crippen molar-refractivity contribution in [2.45, 2.75) is 19.8 Å². The second-order valence-electron chi connectivity index (χ2n) is 7.71. The average Bonchev–Trinajstić information content (AvgIpc) is 2.79. The van der Waals surface area contributed by atoms with Gasteiger partial charge in [-0.2, -0.15) is 15.0 Å². The van der Waals surface area contributed by atoms with E-state index in [9.17, 15) is 9.59 Å². The number of aryl methyl sites for hydroxylation is 1. The van der Waals surface area contributed by atoms with Gasteiger partial charge < -0.3 is 9.80 Å². The van der Waals surface area contributed by atoms with Crippen molar-refractivity contribution in [2.75, 3.05) is 43.4 Å². The van der Waals surface area contributed by atoms with Crippen LogP contribution in [0.4, 0.5) is 17.8 Å². The number of nitrogens with zero attached hydrogens (tertiary/aromatic N) is 6. The number of H-pyrrole nitrogens is 1. The maximum Gasteiger partial charge on any atom is 0.252 e. The van der Waals surface area contributed by atoms with E-state index in [1.165, 1.54) is 6.07 Å². The Morgan fingerprint density at radius 3 is 2.53 bits per heavy atom. The summed E-state index contributed by atoms with van der Waals surface area (Å²) in [6.07, 6.45) is 0.799. The lowest BCUT2D eigenvalue weighted by atomic mass is 10.1. The quantitative estimate of drug-likeness (QED) is 0.532. The van der Waals surface area contributed by atoms with E-state index in [2.05, 4.69) is 47.1 Å². The van der Waals surface area contributed by atoms with Gasteiger partial charge in [0.2, 0.25) is 17.8 Å². The Hall–Kier alpha value is -3.66. The molecule has 2 aromatic heterocycles. The maximum atomic E-state index is 12.7. The molecule has 3 heterocycles. The number of carbonyl (C=O) groups excluding carboxylic acids is 1. The molecule has 0 saturated carbocycles. The first-order valence-electron chi connectivity index (χ1n) is 10.6. The summed E-state index contributed by atoms with van der Waals surface area (Å²) >= 11 is 0. The number of aromatic nitrogens is 5. The highest BCUT2D eigenvalue weighted by Gasteiger charge is 2.19. The third-order valence-corrected chi connectivity index (χ3v) is 5.24. The maximum absolute atomic E-state index is 12.7. The van der Waals surface area contributed by atoms with Gasteiger partial charge in [-0.15, -0.1) is 0 Å². The summed E-state index contributed by atoms with van der Waals surface area (Å²) in [5.41, 5.74) is 0.517. The van der Waals surface area contributed by atoms with Crippen molar-refractivity contribution in [3.05, 3.63) is 63.8 Å². The molecule has 166 valence electrons. The number of benzene rings is 1. The van der Waals surface area contributed by atoms with Gasteiger partial charge in [0.25, 0.3) is 5.56 Å². The van der Waals surface area contributed by atoms with Gasteiger partial charge in [0.05, 0.1) is 0 Å². The van der Waals surface area contributed by atoms with Crippen molar-refractivity contribution in [2.24, 2.45) is 0 Å². The number of ketones is 1. The molecule has 0 spiro atoms. The van der Waals surface area contributed by atoms with Crippen LogP contribution in [0.3, 0.4) is 0 Å². The van der Waals surface area contributed by atoms with Crippen molar-refractivity contribution in [1.82, 2.24) is 29.8 Å². The van der Waals surface area contributed by atoms with E-state index in [4.69, 9.17) is 0 Å². The smallest absolute Gasteiger partial charge is 0.252 e. The fourth-order valence-electron chi connectivity index (χ4n) is 3.41. The monoisotopic (exact) mass is 434 g/mol. The Morgan fingerprint density at radius 1 is 1.06 bits per heavy atom. The molecular weight excluding hydrogens is 408 g/mol. The number of piperazine rings is 1. The first kappa shape index (κ1) is 21.6. The summed E-state index contributed by atoms with van der Waals surface area (Å²) in [6, 6.07) is 10.5. The number of anilines is 3. The van der Waals surface area contributed by atoms with Gasteiger partial charge in [-0.1, -0.05) is 37.3 Å². The molecule has 1 aromatic carbocycles. The van der Waals surface area contributed by atoms with Crippen molar-refractivity contribution < 1.29 is 4.79 Å². The lowest BCUT2D eigenvalue weighted by Gasteiger charge is -2.32. The highest BCUT2D eigenvalue weighted by molar-refractivity contribution is 5.95. The predicted octanol–water partition coefficient (Wildman–Crippen LogP) is 1.44. The summed E-state index contributed by atoms with van der Waals surface area (Å²) in [5.74, 6) is 1.38. The number of carbonyl (C=O) groups is 1. The first-order chi connectivity index (χ1) is 15.5. The van der Waals surface area contributed by atoms with Crippen molar-refractivity contribution in [1.29, 1.82) is 0 Å². The van der Waals surface area contributed by atoms with Crippen molar-refractivity contribution >= 4 is 23.6 Å². The van der Waals surface area contributed by atoms with Gasteiger partial charge in [0.1, 0.15) is 11.5 Å². The summed E-state index contributed by atoms with van der Waals surface area (Å²) < 4.78 is 0. The van der Waals surface area contributed by atoms with Gasteiger partial charge in [0.15, 0.2) is 5.78 Å². The normalized spacial score (nSPS) is 14.4. The molecule has 2 N–H and O–H groups in total. The zero-order valence-electron chi connectivity index (χ0n) is 18.2. The van der Waals surface area contributed by atoms with Crippen LogP contribution in [0.2, 0.25) is 0 Å². The molecule has 10 heteroatoms. The molecule has 1 fully saturated rings. The first-order valence-corrected chi connectivity index (χ1v) is 10.6. The highest BCUT2D eigenvalue weighted by Crippen LogP contribution is 2.16. The zero-order chi connectivity index (χ0) is 22.5. The van der Waals surface area contributed by atoms with E-state index in [1.54, 1.807) is 0 Å². The molecule has 0 atom stereocenters. The van der Waals surface area contributed by atoms with E-state index in [0.717, 1.165) is 31.7 Å². The van der Waals surface area contributed by atoms with Gasteiger partial charge in [-0.25, -0.2) is 4.98 Å². The summed E-state index contributed by atoms with van der Waals surface area (Å²) in [7, 11) is 2.09. The van der Waals surface area contributed by atoms with E-state index >= 15 is 0 Å². The van der Waals surface area contributed by atoms with Crippen LogP contribution < -0.4 is 15.8 Å². The Bertz CT molecular complexity index is 1140. The third-order valence-electron chi connectivity index (χ3n) is 5.24. The number of likely N-dealkylation sites (N-methyl/N-ethyl adjacent to an activating group) is 1. The average molecular weight is 435 g/mol. The summed E-state index contributed by atoms with van der Waals surface area (Å²) in [4.78, 5) is 49.6. The van der Waals surface area contributed by atoms with Crippen LogP contribution in [-0.2, 0) is 12.8 Å². The molecule has 1 aliphatic rings. The molecule has 0 bridgehead atoms. The summed E-state index contributed by atoms with van der Waals surface area (Å²) in [5, 5.41) is 2.95. The molecule has 1 aliphatic heterocycles. The van der Waals surface area contributed by atoms with Crippen LogP contribution in [0.15, 0.2) is 41.2 Å². The molecule has 10 nitrogen and oxygen atoms in total. The molecule has 0 unspecified atom stereocenters. The van der Waals surface area contributed by atoms with Crippen molar-refractivity contribution in [3.63, 3.8) is 0 Å². The Morgan fingerprint density at radius 2 is 1.81 bits per heavy atom. The molecule has 3 aromatic rings. The fraction of sp³-hybridized carbons (Fsp3) is 0.364. The van der Waals surface area contributed by atoms with Gasteiger partial charge in [-0.3, -0.25) is 19.9 Å². The Kier molecular flexibility index (Phi) is 6.50. The number of hydrogen-bond donors (Lipinski definition) is 2. The van der Waals surface area contributed by atoms with Crippen LogP contribution >= 0.6 is 0 Å². The van der Waals surface area contributed by atoms with Crippen LogP contribution in [0.5, 0.6) is 0 Å². The number of nitrogens with one attached hydrogen (secondary N) is 2. The zero-order valence-corrected chi connectivity index (χ0v) is 18.2. The predicted molar refractivity (Wildman–Crippen MR) is 122 cm³/mol. The largest absolute Gasteiger partial charge is 0.338 e. The standard InChI is InChI=1S/C22H26N8O2/c1-3-18-24-21(28-22(25-18)30-11-9-29(2)10-12-30)27-20-23-16(14-19(32)26-20)17(31)13-15-7-5-4-6-8-15/h4-8,14H,3,9-13H2,1-2H3,(H2,23,24,25,26,27,28,32). The molecule has 4 rings (SSSR count). The Balaban J connectivity index is 1.56. The van der Waals surface area contributed by atoms with E-state index in [1.807, 2.05) is 37.3 Å². The van der Waals surface area contributed by atoms with Crippen molar-refractivity contribution in [3.8, 4) is 0 Å². The Labute approximate surface area is 185 Å². The number of hydrogen-bond acceptors (Lipinski definition) is 9. The minimum Gasteiger partial charge on any atom is -0.338 e. The topological polar surface area (TPSA) is 120 Å². The van der Waals surface area contributed by atoms with Crippen LogP contribution in [0.1, 0.15) is 28.8 Å². The minimum absolute atomic E-state index is 0.0872. The van der Waals surface area contributed by atoms with Gasteiger partial charge in [-0.05, 0) is 12.6 Å². The summed E-state index contributed by atoms with van der Waals surface area (Å²) in [6.45, 7) is 5.46. The minimum atomic E-state index is -0.428. The second-order valence-corrected chi connectivity index (χ2v) is 7.71. The molecule has 0 radical (unpaired) electrons. The second kappa shape index (κ2) is 9.65. The lowest BCUT2D eigenvalue weighted by Crippen LogP contribution is -2.45. The van der Waals surface area contributed by atoms with E-state index in [-0.39, 0.29) is 29.8 Å². The lowest BCUT2D eigenvalue weighted by molar-refractivity contribution is 0.0988. The molecular formula is C22H26N8O2. The highest BCUT2D eigenvalue weighted by atomic mass is 16.1. The van der Waals surface area contributed by atoms with Gasteiger partial charge >= 0.3 is 0 Å². The SMILES string of the molecule is CCc1nc(Nc2nc(C(=O)Cc3ccccc3)cc(=O)[nH]2)nc(N2CCN(C)CC2)n1. The fourth-order valence-corrected chi connectivity index (χ4v) is 3.41. The molecule has 1 saturated heterocycles. The molecule has 32 heavy (non-hydrogen) atoms. The van der Waals surface area contributed by atoms with Crippen LogP contribution in [0, 0.1) is 0 Å². The number of Topliss-reactive ketones (excluding diaryl/α,β-unsaturated/α-hetero) is 1. The van der Waals surface area contributed by atoms with Crippen LogP contribution in [0.25, 0.3) is 0 Å². The van der Waals surface area contributed by atoms with Crippen LogP contribution in [-0.4, -0.2) is 68.8 Å². The molecule has 0 aliphatic carbocycles. The van der Waals surface area contributed by atoms with E-state index < -0.39 is 5.56 Å². The number of aromatic amines is 1.